The Morgan fingerprint density at radius 1 is 1.10 bits per heavy atom. The molecule has 0 bridgehead atoms. The zero-order chi connectivity index (χ0) is 20.2. The Morgan fingerprint density at radius 2 is 1.72 bits per heavy atom. The van der Waals surface area contributed by atoms with Gasteiger partial charge in [0.25, 0.3) is 0 Å². The van der Waals surface area contributed by atoms with E-state index < -0.39 is 5.54 Å². The fourth-order valence-corrected chi connectivity index (χ4v) is 3.60. The number of ether oxygens (including phenoxy) is 2. The molecular weight excluding hydrogens is 388 g/mol. The second-order valence-electron chi connectivity index (χ2n) is 7.94. The molecule has 1 fully saturated rings. The van der Waals surface area contributed by atoms with Gasteiger partial charge in [0, 0.05) is 25.0 Å². The molecule has 0 aliphatic heterocycles. The minimum Gasteiger partial charge on any atom is -0.489 e. The molecule has 0 aromatic heterocycles. The maximum absolute atomic E-state index is 12.7. The van der Waals surface area contributed by atoms with Crippen molar-refractivity contribution in [1.29, 1.82) is 0 Å². The molecule has 2 aromatic rings. The fourth-order valence-electron chi connectivity index (χ4n) is 3.60. The number of carbonyl (C=O) groups is 1. The van der Waals surface area contributed by atoms with Gasteiger partial charge in [-0.2, -0.15) is 0 Å². The summed E-state index contributed by atoms with van der Waals surface area (Å²) in [6.45, 7) is 7.55. The first kappa shape index (κ1) is 23.2. The Kier molecular flexibility index (Phi) is 7.69. The Bertz CT molecular complexity index is 796. The monoisotopic (exact) mass is 418 g/mol. The molecule has 1 amide bonds. The zero-order valence-electron chi connectivity index (χ0n) is 17.3. The third-order valence-corrected chi connectivity index (χ3v) is 5.86. The molecule has 0 saturated heterocycles. The largest absolute Gasteiger partial charge is 0.489 e. The zero-order valence-corrected chi connectivity index (χ0v) is 18.1. The molecule has 2 aromatic carbocycles. The van der Waals surface area contributed by atoms with E-state index in [-0.39, 0.29) is 29.8 Å². The highest BCUT2D eigenvalue weighted by Gasteiger charge is 2.62. The Balaban J connectivity index is 0.00000300. The van der Waals surface area contributed by atoms with Crippen LogP contribution in [0.1, 0.15) is 38.3 Å². The molecule has 2 atom stereocenters. The number of rotatable bonds is 8. The van der Waals surface area contributed by atoms with Gasteiger partial charge in [0.2, 0.25) is 5.91 Å². The van der Waals surface area contributed by atoms with Crippen molar-refractivity contribution >= 4 is 18.3 Å². The first-order chi connectivity index (χ1) is 13.4. The second kappa shape index (κ2) is 9.61. The van der Waals surface area contributed by atoms with Crippen molar-refractivity contribution in [3.05, 3.63) is 65.7 Å². The molecule has 0 spiro atoms. The van der Waals surface area contributed by atoms with E-state index in [4.69, 9.17) is 15.2 Å². The van der Waals surface area contributed by atoms with Crippen LogP contribution < -0.4 is 15.8 Å². The van der Waals surface area contributed by atoms with Gasteiger partial charge in [0.05, 0.1) is 6.10 Å². The minimum atomic E-state index is -0.893. The molecular formula is C23H31ClN2O3. The van der Waals surface area contributed by atoms with Gasteiger partial charge in [-0.15, -0.1) is 12.4 Å². The van der Waals surface area contributed by atoms with Crippen LogP contribution in [0.4, 0.5) is 0 Å². The lowest BCUT2D eigenvalue weighted by molar-refractivity contribution is -0.170. The van der Waals surface area contributed by atoms with Gasteiger partial charge in [-0.05, 0) is 30.2 Å². The third-order valence-electron chi connectivity index (χ3n) is 5.86. The number of hydrogen-bond donors (Lipinski definition) is 2. The summed E-state index contributed by atoms with van der Waals surface area (Å²) in [5.74, 6) is 0.727. The van der Waals surface area contributed by atoms with Crippen LogP contribution in [-0.4, -0.2) is 24.2 Å². The summed E-state index contributed by atoms with van der Waals surface area (Å²) in [5.41, 5.74) is 7.25. The molecule has 1 aliphatic carbocycles. The number of halogens is 1. The number of nitrogens with one attached hydrogen (secondary N) is 1. The molecule has 158 valence electrons. The average molecular weight is 419 g/mol. The summed E-state index contributed by atoms with van der Waals surface area (Å²) in [5, 5.41) is 2.99. The predicted octanol–water partition coefficient (Wildman–Crippen LogP) is 3.84. The van der Waals surface area contributed by atoms with E-state index >= 15 is 0 Å². The average Bonchev–Trinajstić information content (AvgIpc) is 2.71. The highest BCUT2D eigenvalue weighted by Crippen LogP contribution is 2.49. The lowest BCUT2D eigenvalue weighted by atomic mass is 9.54. The number of para-hydroxylation sites is 1. The molecule has 2 unspecified atom stereocenters. The summed E-state index contributed by atoms with van der Waals surface area (Å²) in [4.78, 5) is 12.7. The van der Waals surface area contributed by atoms with Gasteiger partial charge < -0.3 is 20.5 Å². The lowest BCUT2D eigenvalue weighted by Gasteiger charge is -2.57. The van der Waals surface area contributed by atoms with Crippen molar-refractivity contribution in [3.8, 4) is 5.75 Å². The summed E-state index contributed by atoms with van der Waals surface area (Å²) >= 11 is 0. The van der Waals surface area contributed by atoms with Crippen molar-refractivity contribution in [2.45, 2.75) is 52.0 Å². The topological polar surface area (TPSA) is 73.6 Å². The third kappa shape index (κ3) is 4.92. The highest BCUT2D eigenvalue weighted by atomic mass is 35.5. The summed E-state index contributed by atoms with van der Waals surface area (Å²) < 4.78 is 11.4. The number of amides is 1. The maximum Gasteiger partial charge on any atom is 0.241 e. The first-order valence-corrected chi connectivity index (χ1v) is 9.81. The normalized spacial score (nSPS) is 22.1. The van der Waals surface area contributed by atoms with Crippen molar-refractivity contribution in [3.63, 3.8) is 0 Å². The van der Waals surface area contributed by atoms with Gasteiger partial charge in [-0.25, -0.2) is 0 Å². The minimum absolute atomic E-state index is 0. The van der Waals surface area contributed by atoms with E-state index in [1.807, 2.05) is 75.4 Å². The van der Waals surface area contributed by atoms with Crippen molar-refractivity contribution in [1.82, 2.24) is 5.32 Å². The number of benzene rings is 2. The number of carbonyl (C=O) groups excluding carboxylic acids is 1. The second-order valence-corrected chi connectivity index (χ2v) is 7.94. The summed E-state index contributed by atoms with van der Waals surface area (Å²) in [6, 6.07) is 17.8. The van der Waals surface area contributed by atoms with E-state index in [2.05, 4.69) is 5.32 Å². The van der Waals surface area contributed by atoms with Crippen molar-refractivity contribution < 1.29 is 14.3 Å². The van der Waals surface area contributed by atoms with E-state index in [9.17, 15) is 4.79 Å². The molecule has 0 heterocycles. The molecule has 3 rings (SSSR count). The fraction of sp³-hybridized carbons (Fsp3) is 0.435. The van der Waals surface area contributed by atoms with Crippen LogP contribution in [0.3, 0.4) is 0 Å². The smallest absolute Gasteiger partial charge is 0.241 e. The molecule has 1 aliphatic rings. The number of nitrogens with two attached hydrogens (primary N) is 1. The van der Waals surface area contributed by atoms with E-state index in [0.29, 0.717) is 26.2 Å². The summed E-state index contributed by atoms with van der Waals surface area (Å²) in [7, 11) is 0. The Labute approximate surface area is 179 Å². The van der Waals surface area contributed by atoms with Crippen molar-refractivity contribution in [2.24, 2.45) is 11.1 Å². The van der Waals surface area contributed by atoms with E-state index in [1.165, 1.54) is 0 Å². The van der Waals surface area contributed by atoms with Gasteiger partial charge >= 0.3 is 0 Å². The Hall–Kier alpha value is -2.08. The first-order valence-electron chi connectivity index (χ1n) is 9.81. The lowest BCUT2D eigenvalue weighted by Crippen LogP contribution is -2.75. The SMILES string of the molecule is CCOC1CC(N)(C(=O)NCc2ccc(COc3ccccc3)cc2)C1(C)C.Cl. The highest BCUT2D eigenvalue weighted by molar-refractivity contribution is 5.88. The van der Waals surface area contributed by atoms with Gasteiger partial charge in [0.1, 0.15) is 17.9 Å². The van der Waals surface area contributed by atoms with E-state index in [0.717, 1.165) is 16.9 Å². The van der Waals surface area contributed by atoms with Crippen LogP contribution in [0.5, 0.6) is 5.75 Å². The van der Waals surface area contributed by atoms with Crippen molar-refractivity contribution in [2.75, 3.05) is 6.61 Å². The van der Waals surface area contributed by atoms with Gasteiger partial charge in [-0.1, -0.05) is 56.3 Å². The number of hydrogen-bond acceptors (Lipinski definition) is 4. The van der Waals surface area contributed by atoms with Crippen LogP contribution in [-0.2, 0) is 22.7 Å². The summed E-state index contributed by atoms with van der Waals surface area (Å²) in [6.07, 6.45) is 0.576. The Morgan fingerprint density at radius 3 is 2.31 bits per heavy atom. The van der Waals surface area contributed by atoms with Crippen LogP contribution in [0.2, 0.25) is 0 Å². The van der Waals surface area contributed by atoms with Gasteiger partial charge in [0.15, 0.2) is 0 Å². The molecule has 29 heavy (non-hydrogen) atoms. The molecule has 6 heteroatoms. The molecule has 5 nitrogen and oxygen atoms in total. The van der Waals surface area contributed by atoms with Gasteiger partial charge in [-0.3, -0.25) is 4.79 Å². The van der Waals surface area contributed by atoms with Crippen LogP contribution in [0, 0.1) is 5.41 Å². The van der Waals surface area contributed by atoms with Crippen LogP contribution in [0.15, 0.2) is 54.6 Å². The standard InChI is InChI=1S/C23H30N2O3.ClH/c1-4-27-20-14-23(24,22(20,2)3)21(26)25-15-17-10-12-18(13-11-17)16-28-19-8-6-5-7-9-19;/h5-13,20H,4,14-16,24H2,1-3H3,(H,25,26);1H. The van der Waals surface area contributed by atoms with Crippen LogP contribution >= 0.6 is 12.4 Å². The molecule has 3 N–H and O–H groups in total. The maximum atomic E-state index is 12.7. The quantitative estimate of drug-likeness (QED) is 0.683. The molecule has 1 saturated carbocycles. The predicted molar refractivity (Wildman–Crippen MR) is 117 cm³/mol. The van der Waals surface area contributed by atoms with E-state index in [1.54, 1.807) is 0 Å². The molecule has 0 radical (unpaired) electrons. The van der Waals surface area contributed by atoms with Crippen LogP contribution in [0.25, 0.3) is 0 Å².